The van der Waals surface area contributed by atoms with Gasteiger partial charge in [-0.3, -0.25) is 4.79 Å². The normalized spacial score (nSPS) is 20.8. The van der Waals surface area contributed by atoms with E-state index in [4.69, 9.17) is 16.6 Å². The Labute approximate surface area is 199 Å². The van der Waals surface area contributed by atoms with Crippen LogP contribution in [-0.2, 0) is 6.42 Å². The zero-order valence-corrected chi connectivity index (χ0v) is 19.7. The largest absolute Gasteiger partial charge is 0.478 e. The molecular weight excluding hydrogens is 464 g/mol. The quantitative estimate of drug-likeness (QED) is 0.403. The van der Waals surface area contributed by atoms with Crippen molar-refractivity contribution < 1.29 is 14.7 Å². The van der Waals surface area contributed by atoms with Crippen molar-refractivity contribution in [3.05, 3.63) is 40.4 Å². The summed E-state index contributed by atoms with van der Waals surface area (Å²) in [5.41, 5.74) is 1.72. The van der Waals surface area contributed by atoms with Crippen LogP contribution in [0, 0.1) is 0 Å². The molecule has 1 aliphatic carbocycles. The van der Waals surface area contributed by atoms with Gasteiger partial charge in [-0.25, -0.2) is 14.8 Å². The number of nitrogens with zero attached hydrogens (tertiary/aromatic N) is 3. The molecule has 3 heterocycles. The number of hydrogen-bond acceptors (Lipinski definition) is 7. The predicted octanol–water partition coefficient (Wildman–Crippen LogP) is 3.06. The van der Waals surface area contributed by atoms with Crippen LogP contribution in [0.25, 0.3) is 10.2 Å². The van der Waals surface area contributed by atoms with Crippen LogP contribution < -0.4 is 15.5 Å². The van der Waals surface area contributed by atoms with E-state index in [0.29, 0.717) is 40.9 Å². The van der Waals surface area contributed by atoms with Crippen molar-refractivity contribution in [2.75, 3.05) is 18.0 Å². The third kappa shape index (κ3) is 4.55. The standard InChI is InChI=1S/C22H25ClN6O3S/c1-2-13-18(23)28-19(25-13)20(30)26-14-8-9-29(10-16(14)24-11-6-7-11)22-27-15-5-3-4-12(21(31)32)17(15)33-22/h3-5,11,14,16,24H,2,6-10H2,1H3,(H,25,28)(H,26,30)(H,31,32). The third-order valence-electron chi connectivity index (χ3n) is 6.16. The van der Waals surface area contributed by atoms with Crippen molar-refractivity contribution in [1.82, 2.24) is 25.6 Å². The number of imidazole rings is 1. The van der Waals surface area contributed by atoms with Gasteiger partial charge in [-0.2, -0.15) is 0 Å². The maximum atomic E-state index is 12.8. The molecular formula is C22H25ClN6O3S. The fourth-order valence-electron chi connectivity index (χ4n) is 4.23. The Morgan fingerprint density at radius 3 is 2.79 bits per heavy atom. The summed E-state index contributed by atoms with van der Waals surface area (Å²) in [6, 6.07) is 5.61. The highest BCUT2D eigenvalue weighted by molar-refractivity contribution is 7.22. The van der Waals surface area contributed by atoms with Gasteiger partial charge in [-0.15, -0.1) is 0 Å². The van der Waals surface area contributed by atoms with Gasteiger partial charge in [0.25, 0.3) is 5.91 Å². The fourth-order valence-corrected chi connectivity index (χ4v) is 5.60. The van der Waals surface area contributed by atoms with Crippen LogP contribution in [0.5, 0.6) is 0 Å². The first kappa shape index (κ1) is 22.1. The Bertz CT molecular complexity index is 1210. The number of benzene rings is 1. The fraction of sp³-hybridized carbons (Fsp3) is 0.455. The molecule has 4 N–H and O–H groups in total. The molecule has 1 saturated heterocycles. The van der Waals surface area contributed by atoms with Gasteiger partial charge in [0.15, 0.2) is 16.1 Å². The van der Waals surface area contributed by atoms with Crippen molar-refractivity contribution >= 4 is 50.2 Å². The summed E-state index contributed by atoms with van der Waals surface area (Å²) < 4.78 is 0.684. The molecule has 2 fully saturated rings. The lowest BCUT2D eigenvalue weighted by atomic mass is 9.99. The first-order valence-corrected chi connectivity index (χ1v) is 12.3. The van der Waals surface area contributed by atoms with E-state index < -0.39 is 5.97 Å². The number of carboxylic acid groups (broad SMARTS) is 1. The minimum Gasteiger partial charge on any atom is -0.478 e. The lowest BCUT2D eigenvalue weighted by Gasteiger charge is -2.39. The number of fused-ring (bicyclic) bond motifs is 1. The van der Waals surface area contributed by atoms with E-state index in [0.717, 1.165) is 30.1 Å². The lowest BCUT2D eigenvalue weighted by molar-refractivity contribution is 0.0699. The summed E-state index contributed by atoms with van der Waals surface area (Å²) >= 11 is 7.51. The number of H-pyrrole nitrogens is 1. The minimum atomic E-state index is -0.949. The van der Waals surface area contributed by atoms with E-state index in [2.05, 4.69) is 25.5 Å². The number of aromatic nitrogens is 3. The topological polar surface area (TPSA) is 123 Å². The Kier molecular flexibility index (Phi) is 5.98. The number of aromatic carboxylic acids is 1. The van der Waals surface area contributed by atoms with Crippen LogP contribution in [0.15, 0.2) is 18.2 Å². The van der Waals surface area contributed by atoms with Crippen LogP contribution in [0.2, 0.25) is 5.15 Å². The highest BCUT2D eigenvalue weighted by Gasteiger charge is 2.36. The molecule has 0 bridgehead atoms. The number of carbonyl (C=O) groups is 2. The summed E-state index contributed by atoms with van der Waals surface area (Å²) in [5, 5.41) is 17.4. The van der Waals surface area contributed by atoms with Crippen molar-refractivity contribution in [2.45, 2.75) is 50.7 Å². The molecule has 2 atom stereocenters. The summed E-state index contributed by atoms with van der Waals surface area (Å²) in [6.45, 7) is 3.33. The van der Waals surface area contributed by atoms with Crippen molar-refractivity contribution in [3.8, 4) is 0 Å². The molecule has 9 nitrogen and oxygen atoms in total. The monoisotopic (exact) mass is 488 g/mol. The number of halogens is 1. The lowest BCUT2D eigenvalue weighted by Crippen LogP contribution is -2.60. The van der Waals surface area contributed by atoms with Crippen molar-refractivity contribution in [3.63, 3.8) is 0 Å². The van der Waals surface area contributed by atoms with E-state index in [1.54, 1.807) is 12.1 Å². The number of carboxylic acids is 1. The average molecular weight is 489 g/mol. The molecule has 3 aromatic rings. The first-order chi connectivity index (χ1) is 15.9. The van der Waals surface area contributed by atoms with Gasteiger partial charge >= 0.3 is 5.97 Å². The number of anilines is 1. The zero-order chi connectivity index (χ0) is 23.1. The zero-order valence-electron chi connectivity index (χ0n) is 18.1. The Hall–Kier alpha value is -2.69. The van der Waals surface area contributed by atoms with Crippen molar-refractivity contribution in [2.24, 2.45) is 0 Å². The Morgan fingerprint density at radius 2 is 2.09 bits per heavy atom. The molecule has 33 heavy (non-hydrogen) atoms. The van der Waals surface area contributed by atoms with Crippen LogP contribution in [0.1, 0.15) is 52.9 Å². The van der Waals surface area contributed by atoms with Gasteiger partial charge < -0.3 is 25.6 Å². The Balaban J connectivity index is 1.34. The van der Waals surface area contributed by atoms with Gasteiger partial charge in [0, 0.05) is 31.2 Å². The molecule has 1 aromatic carbocycles. The van der Waals surface area contributed by atoms with Crippen molar-refractivity contribution in [1.29, 1.82) is 0 Å². The molecule has 174 valence electrons. The summed E-state index contributed by atoms with van der Waals surface area (Å²) in [7, 11) is 0. The summed E-state index contributed by atoms with van der Waals surface area (Å²) in [5.74, 6) is -0.977. The average Bonchev–Trinajstić information content (AvgIpc) is 3.36. The van der Waals surface area contributed by atoms with E-state index in [-0.39, 0.29) is 29.4 Å². The minimum absolute atomic E-state index is 0.0391. The molecule has 0 spiro atoms. The molecule has 2 aromatic heterocycles. The predicted molar refractivity (Wildman–Crippen MR) is 128 cm³/mol. The molecule has 11 heteroatoms. The number of amides is 1. The number of aromatic amines is 1. The number of aryl methyl sites for hydroxylation is 1. The number of carbonyl (C=O) groups excluding carboxylic acids is 1. The third-order valence-corrected chi connectivity index (χ3v) is 7.64. The van der Waals surface area contributed by atoms with Gasteiger partial charge in [-0.1, -0.05) is 35.9 Å². The van der Waals surface area contributed by atoms with Gasteiger partial charge in [0.1, 0.15) is 0 Å². The van der Waals surface area contributed by atoms with E-state index in [1.807, 2.05) is 13.0 Å². The maximum Gasteiger partial charge on any atom is 0.337 e. The smallest absolute Gasteiger partial charge is 0.337 e. The van der Waals surface area contributed by atoms with Gasteiger partial charge in [0.2, 0.25) is 0 Å². The number of thiazole rings is 1. The Morgan fingerprint density at radius 1 is 1.27 bits per heavy atom. The van der Waals surface area contributed by atoms with Crippen LogP contribution in [-0.4, -0.2) is 63.1 Å². The summed E-state index contributed by atoms with van der Waals surface area (Å²) in [4.78, 5) is 38.5. The second-order valence-corrected chi connectivity index (χ2v) is 9.86. The summed E-state index contributed by atoms with van der Waals surface area (Å²) in [6.07, 6.45) is 3.67. The molecule has 2 aliphatic rings. The highest BCUT2D eigenvalue weighted by Crippen LogP contribution is 2.33. The van der Waals surface area contributed by atoms with Crippen LogP contribution in [0.4, 0.5) is 5.13 Å². The SMILES string of the molecule is CCc1[nH]c(C(=O)NC2CCN(c3nc4cccc(C(=O)O)c4s3)CC2NC2CC2)nc1Cl. The number of hydrogen-bond donors (Lipinski definition) is 4. The number of rotatable bonds is 7. The molecule has 0 radical (unpaired) electrons. The van der Waals surface area contributed by atoms with E-state index in [9.17, 15) is 14.7 Å². The maximum absolute atomic E-state index is 12.8. The van der Waals surface area contributed by atoms with Crippen LogP contribution in [0.3, 0.4) is 0 Å². The first-order valence-electron chi connectivity index (χ1n) is 11.1. The molecule has 1 saturated carbocycles. The van der Waals surface area contributed by atoms with Gasteiger partial charge in [-0.05, 0) is 37.8 Å². The van der Waals surface area contributed by atoms with E-state index >= 15 is 0 Å². The molecule has 1 amide bonds. The number of nitrogens with one attached hydrogen (secondary N) is 3. The van der Waals surface area contributed by atoms with Gasteiger partial charge in [0.05, 0.1) is 21.5 Å². The molecule has 2 unspecified atom stereocenters. The van der Waals surface area contributed by atoms with E-state index in [1.165, 1.54) is 11.3 Å². The van der Waals surface area contributed by atoms with Crippen LogP contribution >= 0.6 is 22.9 Å². The molecule has 5 rings (SSSR count). The number of piperidine rings is 1. The second-order valence-electron chi connectivity index (χ2n) is 8.53. The highest BCUT2D eigenvalue weighted by atomic mass is 35.5. The second kappa shape index (κ2) is 8.92. The molecule has 1 aliphatic heterocycles.